The molecule has 0 atom stereocenters. The summed E-state index contributed by atoms with van der Waals surface area (Å²) >= 11 is 0. The maximum absolute atomic E-state index is 12.4. The number of nitrogens with zero attached hydrogens (tertiary/aromatic N) is 1. The standard InChI is InChI=1S/C17H22N4O3/c1-3-24-14-5-4-11(8-15(14)23-2)9-19-17(22)16-12-10-18-7-6-13(12)20-21-16/h4-5,8,18H,3,6-7,9-10H2,1-2H3,(H,19,22)(H,20,21). The van der Waals surface area contributed by atoms with Gasteiger partial charge in [0.1, 0.15) is 0 Å². The molecule has 3 rings (SSSR count). The number of hydrogen-bond donors (Lipinski definition) is 3. The predicted octanol–water partition coefficient (Wildman–Crippen LogP) is 1.39. The van der Waals surface area contributed by atoms with Gasteiger partial charge in [0.2, 0.25) is 0 Å². The van der Waals surface area contributed by atoms with E-state index < -0.39 is 0 Å². The minimum absolute atomic E-state index is 0.177. The Labute approximate surface area is 140 Å². The van der Waals surface area contributed by atoms with Crippen LogP contribution < -0.4 is 20.1 Å². The molecule has 0 saturated carbocycles. The number of nitrogens with one attached hydrogen (secondary N) is 3. The van der Waals surface area contributed by atoms with Crippen LogP contribution in [0.15, 0.2) is 18.2 Å². The number of rotatable bonds is 6. The van der Waals surface area contributed by atoms with E-state index in [1.165, 1.54) is 0 Å². The van der Waals surface area contributed by atoms with Crippen molar-refractivity contribution in [2.45, 2.75) is 26.4 Å². The van der Waals surface area contributed by atoms with Crippen molar-refractivity contribution in [3.8, 4) is 11.5 Å². The SMILES string of the molecule is CCOc1ccc(CNC(=O)c2n[nH]c3c2CNCC3)cc1OC. The molecule has 1 aliphatic heterocycles. The number of carbonyl (C=O) groups excluding carboxylic acids is 1. The summed E-state index contributed by atoms with van der Waals surface area (Å²) in [5.41, 5.74) is 3.41. The Hall–Kier alpha value is -2.54. The Kier molecular flexibility index (Phi) is 5.00. The Balaban J connectivity index is 1.67. The van der Waals surface area contributed by atoms with Crippen LogP contribution in [0, 0.1) is 0 Å². The molecule has 128 valence electrons. The number of hydrogen-bond acceptors (Lipinski definition) is 5. The molecule has 7 heteroatoms. The fraction of sp³-hybridized carbons (Fsp3) is 0.412. The lowest BCUT2D eigenvalue weighted by atomic mass is 10.1. The van der Waals surface area contributed by atoms with Crippen LogP contribution in [0.2, 0.25) is 0 Å². The maximum atomic E-state index is 12.4. The van der Waals surface area contributed by atoms with E-state index >= 15 is 0 Å². The lowest BCUT2D eigenvalue weighted by Crippen LogP contribution is -2.28. The third kappa shape index (κ3) is 3.35. The topological polar surface area (TPSA) is 88.3 Å². The van der Waals surface area contributed by atoms with Crippen LogP contribution in [-0.2, 0) is 19.5 Å². The van der Waals surface area contributed by atoms with Crippen LogP contribution in [0.4, 0.5) is 0 Å². The Morgan fingerprint density at radius 2 is 2.25 bits per heavy atom. The maximum Gasteiger partial charge on any atom is 0.272 e. The fourth-order valence-corrected chi connectivity index (χ4v) is 2.78. The molecule has 0 radical (unpaired) electrons. The number of amides is 1. The Morgan fingerprint density at radius 1 is 1.38 bits per heavy atom. The van der Waals surface area contributed by atoms with Gasteiger partial charge in [-0.25, -0.2) is 0 Å². The summed E-state index contributed by atoms with van der Waals surface area (Å²) in [5.74, 6) is 1.18. The predicted molar refractivity (Wildman–Crippen MR) is 89.3 cm³/mol. The summed E-state index contributed by atoms with van der Waals surface area (Å²) in [6.45, 7) is 4.47. The van der Waals surface area contributed by atoms with E-state index in [1.54, 1.807) is 7.11 Å². The van der Waals surface area contributed by atoms with Crippen molar-refractivity contribution >= 4 is 5.91 Å². The summed E-state index contributed by atoms with van der Waals surface area (Å²) in [6.07, 6.45) is 0.867. The molecule has 7 nitrogen and oxygen atoms in total. The van der Waals surface area contributed by atoms with E-state index in [1.807, 2.05) is 25.1 Å². The summed E-state index contributed by atoms with van der Waals surface area (Å²) in [6, 6.07) is 5.63. The molecule has 0 saturated heterocycles. The molecule has 0 spiro atoms. The fourth-order valence-electron chi connectivity index (χ4n) is 2.78. The second-order valence-corrected chi connectivity index (χ2v) is 5.56. The monoisotopic (exact) mass is 330 g/mol. The molecular weight excluding hydrogens is 308 g/mol. The van der Waals surface area contributed by atoms with Crippen molar-refractivity contribution in [3.05, 3.63) is 40.7 Å². The van der Waals surface area contributed by atoms with E-state index in [-0.39, 0.29) is 5.91 Å². The zero-order valence-electron chi connectivity index (χ0n) is 13.9. The van der Waals surface area contributed by atoms with Crippen LogP contribution >= 0.6 is 0 Å². The van der Waals surface area contributed by atoms with Crippen LogP contribution in [0.3, 0.4) is 0 Å². The van der Waals surface area contributed by atoms with E-state index in [0.717, 1.165) is 29.8 Å². The number of carbonyl (C=O) groups is 1. The summed E-state index contributed by atoms with van der Waals surface area (Å²) < 4.78 is 10.8. The number of benzene rings is 1. The van der Waals surface area contributed by atoms with Gasteiger partial charge in [-0.05, 0) is 24.6 Å². The van der Waals surface area contributed by atoms with Gasteiger partial charge in [-0.3, -0.25) is 9.89 Å². The van der Waals surface area contributed by atoms with Crippen molar-refractivity contribution in [1.82, 2.24) is 20.8 Å². The average Bonchev–Trinajstić information content (AvgIpc) is 3.05. The van der Waals surface area contributed by atoms with Gasteiger partial charge in [-0.15, -0.1) is 0 Å². The highest BCUT2D eigenvalue weighted by Crippen LogP contribution is 2.28. The first-order valence-corrected chi connectivity index (χ1v) is 8.07. The number of aromatic amines is 1. The zero-order valence-corrected chi connectivity index (χ0v) is 13.9. The second-order valence-electron chi connectivity index (χ2n) is 5.56. The molecule has 24 heavy (non-hydrogen) atoms. The minimum atomic E-state index is -0.177. The smallest absolute Gasteiger partial charge is 0.272 e. The Morgan fingerprint density at radius 3 is 3.04 bits per heavy atom. The highest BCUT2D eigenvalue weighted by molar-refractivity contribution is 5.94. The molecule has 3 N–H and O–H groups in total. The second kappa shape index (κ2) is 7.35. The van der Waals surface area contributed by atoms with Crippen molar-refractivity contribution in [3.63, 3.8) is 0 Å². The molecule has 1 aromatic heterocycles. The Bertz CT molecular complexity index is 727. The first-order valence-electron chi connectivity index (χ1n) is 8.07. The molecular formula is C17H22N4O3. The van der Waals surface area contributed by atoms with E-state index in [9.17, 15) is 4.79 Å². The highest BCUT2D eigenvalue weighted by Gasteiger charge is 2.21. The van der Waals surface area contributed by atoms with Gasteiger partial charge in [0.25, 0.3) is 5.91 Å². The van der Waals surface area contributed by atoms with E-state index in [2.05, 4.69) is 20.8 Å². The quantitative estimate of drug-likeness (QED) is 0.745. The lowest BCUT2D eigenvalue weighted by molar-refractivity contribution is 0.0944. The van der Waals surface area contributed by atoms with E-state index in [4.69, 9.17) is 9.47 Å². The first-order chi connectivity index (χ1) is 11.7. The number of fused-ring (bicyclic) bond motifs is 1. The van der Waals surface area contributed by atoms with Crippen molar-refractivity contribution < 1.29 is 14.3 Å². The molecule has 2 heterocycles. The number of ether oxygens (including phenoxy) is 2. The molecule has 2 aromatic rings. The largest absolute Gasteiger partial charge is 0.493 e. The molecule has 0 unspecified atom stereocenters. The average molecular weight is 330 g/mol. The molecule has 0 bridgehead atoms. The molecule has 1 aromatic carbocycles. The van der Waals surface area contributed by atoms with Crippen molar-refractivity contribution in [2.24, 2.45) is 0 Å². The van der Waals surface area contributed by atoms with Gasteiger partial charge >= 0.3 is 0 Å². The van der Waals surface area contributed by atoms with Gasteiger partial charge < -0.3 is 20.1 Å². The van der Waals surface area contributed by atoms with Gasteiger partial charge in [0, 0.05) is 37.3 Å². The van der Waals surface area contributed by atoms with Crippen molar-refractivity contribution in [1.29, 1.82) is 0 Å². The van der Waals surface area contributed by atoms with Crippen LogP contribution in [0.5, 0.6) is 11.5 Å². The number of H-pyrrole nitrogens is 1. The summed E-state index contributed by atoms with van der Waals surface area (Å²) in [7, 11) is 1.60. The molecule has 1 aliphatic rings. The number of methoxy groups -OCH3 is 1. The van der Waals surface area contributed by atoms with Gasteiger partial charge in [-0.2, -0.15) is 5.10 Å². The van der Waals surface area contributed by atoms with Crippen LogP contribution in [0.25, 0.3) is 0 Å². The van der Waals surface area contributed by atoms with Crippen LogP contribution in [-0.4, -0.2) is 36.4 Å². The normalized spacial score (nSPS) is 13.2. The van der Waals surface area contributed by atoms with Crippen LogP contribution in [0.1, 0.15) is 34.2 Å². The minimum Gasteiger partial charge on any atom is -0.493 e. The summed E-state index contributed by atoms with van der Waals surface area (Å²) in [5, 5.41) is 13.3. The molecule has 1 amide bonds. The van der Waals surface area contributed by atoms with Gasteiger partial charge in [0.05, 0.1) is 13.7 Å². The third-order valence-corrected chi connectivity index (χ3v) is 4.00. The molecule has 0 aliphatic carbocycles. The van der Waals surface area contributed by atoms with Crippen molar-refractivity contribution in [2.75, 3.05) is 20.3 Å². The van der Waals surface area contributed by atoms with E-state index in [0.29, 0.717) is 36.9 Å². The highest BCUT2D eigenvalue weighted by atomic mass is 16.5. The number of aromatic nitrogens is 2. The molecule has 0 fully saturated rings. The summed E-state index contributed by atoms with van der Waals surface area (Å²) in [4.78, 5) is 12.4. The van der Waals surface area contributed by atoms with Gasteiger partial charge in [-0.1, -0.05) is 6.07 Å². The third-order valence-electron chi connectivity index (χ3n) is 4.00. The van der Waals surface area contributed by atoms with Gasteiger partial charge in [0.15, 0.2) is 17.2 Å². The zero-order chi connectivity index (χ0) is 16.9. The lowest BCUT2D eigenvalue weighted by Gasteiger charge is -2.13. The first kappa shape index (κ1) is 16.3.